The van der Waals surface area contributed by atoms with Gasteiger partial charge in [0.05, 0.1) is 0 Å². The van der Waals surface area contributed by atoms with Gasteiger partial charge in [0.2, 0.25) is 0 Å². The summed E-state index contributed by atoms with van der Waals surface area (Å²) in [6.45, 7) is 1.96. The summed E-state index contributed by atoms with van der Waals surface area (Å²) in [6.07, 6.45) is 0.845. The molecule has 0 saturated heterocycles. The fourth-order valence-electron chi connectivity index (χ4n) is 1.58. The van der Waals surface area contributed by atoms with E-state index >= 15 is 0 Å². The summed E-state index contributed by atoms with van der Waals surface area (Å²) in [7, 11) is 0. The van der Waals surface area contributed by atoms with E-state index in [4.69, 9.17) is 5.73 Å². The molecule has 2 unspecified atom stereocenters. The maximum Gasteiger partial charge on any atom is 0.159 e. The predicted molar refractivity (Wildman–Crippen MR) is 53.6 cm³/mol. The topological polar surface area (TPSA) is 26.0 Å². The summed E-state index contributed by atoms with van der Waals surface area (Å²) in [4.78, 5) is 0. The number of benzene rings is 1. The van der Waals surface area contributed by atoms with Crippen LogP contribution in [0.25, 0.3) is 0 Å². The van der Waals surface area contributed by atoms with Crippen LogP contribution in [0, 0.1) is 11.6 Å². The highest BCUT2D eigenvalue weighted by Crippen LogP contribution is 2.46. The first kappa shape index (κ1) is 11.4. The molecule has 2 rings (SSSR count). The highest BCUT2D eigenvalue weighted by molar-refractivity contribution is 5.85. The van der Waals surface area contributed by atoms with E-state index in [-0.39, 0.29) is 23.9 Å². The Bertz CT molecular complexity index is 356. The van der Waals surface area contributed by atoms with Crippen LogP contribution >= 0.6 is 12.4 Å². The molecule has 0 radical (unpaired) electrons. The lowest BCUT2D eigenvalue weighted by Crippen LogP contribution is -2.14. The summed E-state index contributed by atoms with van der Waals surface area (Å²) >= 11 is 0. The quantitative estimate of drug-likeness (QED) is 0.771. The summed E-state index contributed by atoms with van der Waals surface area (Å²) in [5.41, 5.74) is 6.35. The normalized spacial score (nSPS) is 29.6. The Balaban J connectivity index is 0.000000980. The number of hydrogen-bond donors (Lipinski definition) is 1. The van der Waals surface area contributed by atoms with Crippen molar-refractivity contribution in [2.45, 2.75) is 24.8 Å². The second-order valence-electron chi connectivity index (χ2n) is 3.86. The molecule has 1 aliphatic rings. The van der Waals surface area contributed by atoms with Crippen LogP contribution in [0.2, 0.25) is 0 Å². The summed E-state index contributed by atoms with van der Waals surface area (Å²) in [5.74, 6) is -1.60. The fourth-order valence-corrected chi connectivity index (χ4v) is 1.58. The molecule has 0 aromatic heterocycles. The van der Waals surface area contributed by atoms with E-state index in [1.807, 2.05) is 6.92 Å². The van der Waals surface area contributed by atoms with Crippen LogP contribution in [0.1, 0.15) is 18.9 Å². The third-order valence-corrected chi connectivity index (χ3v) is 2.88. The van der Waals surface area contributed by atoms with Crippen molar-refractivity contribution in [3.05, 3.63) is 35.4 Å². The molecule has 0 amide bonds. The van der Waals surface area contributed by atoms with Gasteiger partial charge in [-0.15, -0.1) is 12.4 Å². The van der Waals surface area contributed by atoms with Crippen LogP contribution in [-0.4, -0.2) is 6.04 Å². The van der Waals surface area contributed by atoms with E-state index in [9.17, 15) is 8.78 Å². The van der Waals surface area contributed by atoms with Gasteiger partial charge in [-0.05, 0) is 24.1 Å². The molecule has 0 spiro atoms. The molecular formula is C10H12ClF2N. The molecule has 1 nitrogen and oxygen atoms in total. The standard InChI is InChI=1S/C10H11F2N.ClH/c1-10(5-9(10)13)6-2-3-7(11)8(12)4-6;/h2-4,9H,5,13H2,1H3;1H. The van der Waals surface area contributed by atoms with E-state index in [2.05, 4.69) is 0 Å². The molecule has 2 atom stereocenters. The lowest BCUT2D eigenvalue weighted by Gasteiger charge is -2.09. The van der Waals surface area contributed by atoms with Crippen LogP contribution < -0.4 is 5.73 Å². The van der Waals surface area contributed by atoms with Gasteiger partial charge in [0.15, 0.2) is 11.6 Å². The van der Waals surface area contributed by atoms with Crippen molar-refractivity contribution in [1.82, 2.24) is 0 Å². The number of halogens is 3. The molecule has 0 bridgehead atoms. The highest BCUT2D eigenvalue weighted by Gasteiger charge is 2.48. The van der Waals surface area contributed by atoms with E-state index in [1.165, 1.54) is 6.07 Å². The SMILES string of the molecule is CC1(c2ccc(F)c(F)c2)CC1N.Cl. The minimum absolute atomic E-state index is 0. The van der Waals surface area contributed by atoms with Gasteiger partial charge in [0, 0.05) is 11.5 Å². The third kappa shape index (κ3) is 1.62. The second kappa shape index (κ2) is 3.48. The Hall–Kier alpha value is -0.670. The van der Waals surface area contributed by atoms with Gasteiger partial charge in [-0.2, -0.15) is 0 Å². The Kier molecular flexibility index (Phi) is 2.83. The zero-order chi connectivity index (χ0) is 9.64. The predicted octanol–water partition coefficient (Wildman–Crippen LogP) is 2.38. The molecule has 1 aliphatic carbocycles. The van der Waals surface area contributed by atoms with E-state index in [0.717, 1.165) is 18.1 Å². The van der Waals surface area contributed by atoms with Gasteiger partial charge in [0.1, 0.15) is 0 Å². The smallest absolute Gasteiger partial charge is 0.159 e. The maximum atomic E-state index is 12.8. The number of hydrogen-bond acceptors (Lipinski definition) is 1. The molecule has 1 saturated carbocycles. The van der Waals surface area contributed by atoms with Gasteiger partial charge < -0.3 is 5.73 Å². The van der Waals surface area contributed by atoms with Crippen molar-refractivity contribution in [3.8, 4) is 0 Å². The van der Waals surface area contributed by atoms with Gasteiger partial charge in [-0.1, -0.05) is 13.0 Å². The van der Waals surface area contributed by atoms with Crippen LogP contribution in [0.15, 0.2) is 18.2 Å². The molecule has 0 aliphatic heterocycles. The van der Waals surface area contributed by atoms with Gasteiger partial charge in [-0.3, -0.25) is 0 Å². The largest absolute Gasteiger partial charge is 0.327 e. The first-order valence-corrected chi connectivity index (χ1v) is 4.25. The summed E-state index contributed by atoms with van der Waals surface area (Å²) in [6, 6.07) is 4.08. The lowest BCUT2D eigenvalue weighted by molar-refractivity contribution is 0.505. The molecule has 0 heterocycles. The van der Waals surface area contributed by atoms with Crippen LogP contribution in [0.4, 0.5) is 8.78 Å². The zero-order valence-electron chi connectivity index (χ0n) is 7.76. The molecule has 14 heavy (non-hydrogen) atoms. The zero-order valence-corrected chi connectivity index (χ0v) is 8.57. The van der Waals surface area contributed by atoms with Crippen LogP contribution in [0.3, 0.4) is 0 Å². The average Bonchev–Trinajstić information content (AvgIpc) is 2.67. The second-order valence-corrected chi connectivity index (χ2v) is 3.86. The molecule has 1 aromatic rings. The Morgan fingerprint density at radius 2 is 1.93 bits per heavy atom. The van der Waals surface area contributed by atoms with Crippen molar-refractivity contribution >= 4 is 12.4 Å². The molecule has 4 heteroatoms. The minimum Gasteiger partial charge on any atom is -0.327 e. The van der Waals surface area contributed by atoms with Crippen molar-refractivity contribution in [1.29, 1.82) is 0 Å². The molecule has 1 fully saturated rings. The monoisotopic (exact) mass is 219 g/mol. The minimum atomic E-state index is -0.804. The summed E-state index contributed by atoms with van der Waals surface area (Å²) in [5, 5.41) is 0. The number of rotatable bonds is 1. The maximum absolute atomic E-state index is 12.8. The molecule has 78 valence electrons. The highest BCUT2D eigenvalue weighted by atomic mass is 35.5. The van der Waals surface area contributed by atoms with Crippen molar-refractivity contribution in [2.75, 3.05) is 0 Å². The van der Waals surface area contributed by atoms with E-state index < -0.39 is 11.6 Å². The lowest BCUT2D eigenvalue weighted by atomic mass is 9.97. The van der Waals surface area contributed by atoms with Gasteiger partial charge in [-0.25, -0.2) is 8.78 Å². The molecule has 1 aromatic carbocycles. The van der Waals surface area contributed by atoms with E-state index in [0.29, 0.717) is 0 Å². The Labute approximate surface area is 87.7 Å². The Morgan fingerprint density at radius 3 is 2.36 bits per heavy atom. The van der Waals surface area contributed by atoms with Gasteiger partial charge in [0.25, 0.3) is 0 Å². The molecule has 2 N–H and O–H groups in total. The van der Waals surface area contributed by atoms with Crippen LogP contribution in [-0.2, 0) is 5.41 Å². The summed E-state index contributed by atoms with van der Waals surface area (Å²) < 4.78 is 25.4. The first-order valence-electron chi connectivity index (χ1n) is 4.25. The van der Waals surface area contributed by atoms with Crippen molar-refractivity contribution in [2.24, 2.45) is 5.73 Å². The van der Waals surface area contributed by atoms with Gasteiger partial charge >= 0.3 is 0 Å². The average molecular weight is 220 g/mol. The third-order valence-electron chi connectivity index (χ3n) is 2.88. The fraction of sp³-hybridized carbons (Fsp3) is 0.400. The van der Waals surface area contributed by atoms with E-state index in [1.54, 1.807) is 6.07 Å². The Morgan fingerprint density at radius 1 is 1.36 bits per heavy atom. The first-order chi connectivity index (χ1) is 6.04. The van der Waals surface area contributed by atoms with Crippen LogP contribution in [0.5, 0.6) is 0 Å². The molecular weight excluding hydrogens is 208 g/mol. The number of nitrogens with two attached hydrogens (primary N) is 1. The van der Waals surface area contributed by atoms with Crippen molar-refractivity contribution < 1.29 is 8.78 Å². The van der Waals surface area contributed by atoms with Crippen molar-refractivity contribution in [3.63, 3.8) is 0 Å².